The number of fused-ring (bicyclic) bond motifs is 3. The number of hydrazine groups is 1. The highest BCUT2D eigenvalue weighted by molar-refractivity contribution is 5.57. The second-order valence-corrected chi connectivity index (χ2v) is 3.57. The molecule has 1 aromatic carbocycles. The Bertz CT molecular complexity index is 407. The lowest BCUT2D eigenvalue weighted by molar-refractivity contribution is 0.363. The van der Waals surface area contributed by atoms with Gasteiger partial charge in [-0.3, -0.25) is 10.0 Å². The summed E-state index contributed by atoms with van der Waals surface area (Å²) in [5, 5.41) is 4.45. The van der Waals surface area contributed by atoms with E-state index in [-0.39, 0.29) is 0 Å². The molecule has 0 amide bonds. The van der Waals surface area contributed by atoms with Crippen LogP contribution >= 0.6 is 0 Å². The average molecular weight is 184 g/mol. The summed E-state index contributed by atoms with van der Waals surface area (Å²) < 4.78 is 0. The molecule has 0 radical (unpaired) electrons. The molecule has 0 N–H and O–H groups in total. The van der Waals surface area contributed by atoms with Gasteiger partial charge in [-0.25, -0.2) is 0 Å². The molecule has 0 spiro atoms. The van der Waals surface area contributed by atoms with Gasteiger partial charge >= 0.3 is 0 Å². The molecule has 2 heterocycles. The fraction of sp³-hybridized carbons (Fsp3) is 0.167. The van der Waals surface area contributed by atoms with E-state index in [1.54, 1.807) is 0 Å². The third-order valence-electron chi connectivity index (χ3n) is 2.72. The van der Waals surface area contributed by atoms with E-state index in [4.69, 9.17) is 0 Å². The van der Waals surface area contributed by atoms with E-state index >= 15 is 0 Å². The van der Waals surface area contributed by atoms with Gasteiger partial charge in [0, 0.05) is 18.9 Å². The molecule has 0 saturated heterocycles. The first-order chi connectivity index (χ1) is 6.95. The van der Waals surface area contributed by atoms with E-state index in [1.807, 2.05) is 0 Å². The smallest absolute Gasteiger partial charge is 0.0658 e. The van der Waals surface area contributed by atoms with Crippen molar-refractivity contribution in [3.8, 4) is 0 Å². The number of rotatable bonds is 0. The van der Waals surface area contributed by atoms with Crippen LogP contribution in [0.3, 0.4) is 0 Å². The standard InChI is InChI=1S/C12H12N2/c1-2-6-12-11(5-1)7-10-13-8-3-4-9-14(12)13/h1-6,8-9H,7,10H2. The molecule has 1 aromatic rings. The third-order valence-corrected chi connectivity index (χ3v) is 2.72. The van der Waals surface area contributed by atoms with Crippen molar-refractivity contribution < 1.29 is 0 Å². The van der Waals surface area contributed by atoms with Crippen LogP contribution in [0.15, 0.2) is 48.8 Å². The maximum absolute atomic E-state index is 2.24. The largest absolute Gasteiger partial charge is 0.288 e. The Morgan fingerprint density at radius 3 is 2.86 bits per heavy atom. The van der Waals surface area contributed by atoms with Gasteiger partial charge in [-0.1, -0.05) is 18.2 Å². The second kappa shape index (κ2) is 2.91. The molecule has 2 heteroatoms. The Morgan fingerprint density at radius 1 is 1.00 bits per heavy atom. The Kier molecular flexibility index (Phi) is 1.60. The van der Waals surface area contributed by atoms with Crippen molar-refractivity contribution in [2.75, 3.05) is 11.6 Å². The van der Waals surface area contributed by atoms with Crippen molar-refractivity contribution in [2.45, 2.75) is 6.42 Å². The molecular weight excluding hydrogens is 172 g/mol. The zero-order valence-electron chi connectivity index (χ0n) is 7.93. The van der Waals surface area contributed by atoms with Crippen molar-refractivity contribution in [3.63, 3.8) is 0 Å². The summed E-state index contributed by atoms with van der Waals surface area (Å²) in [6, 6.07) is 8.58. The number of para-hydroxylation sites is 1. The molecule has 0 aliphatic carbocycles. The second-order valence-electron chi connectivity index (χ2n) is 3.57. The Labute approximate surface area is 83.7 Å². The van der Waals surface area contributed by atoms with Crippen LogP contribution in [0.1, 0.15) is 5.56 Å². The highest BCUT2D eigenvalue weighted by Crippen LogP contribution is 2.28. The Balaban J connectivity index is 2.09. The summed E-state index contributed by atoms with van der Waals surface area (Å²) in [5.74, 6) is 0. The summed E-state index contributed by atoms with van der Waals surface area (Å²) in [5.41, 5.74) is 2.74. The molecule has 2 aliphatic rings. The van der Waals surface area contributed by atoms with Gasteiger partial charge < -0.3 is 0 Å². The number of hydrogen-bond acceptors (Lipinski definition) is 2. The summed E-state index contributed by atoms with van der Waals surface area (Å²) in [4.78, 5) is 0. The van der Waals surface area contributed by atoms with E-state index in [1.165, 1.54) is 11.3 Å². The van der Waals surface area contributed by atoms with Crippen LogP contribution in [0.5, 0.6) is 0 Å². The van der Waals surface area contributed by atoms with Crippen LogP contribution in [0.4, 0.5) is 5.69 Å². The van der Waals surface area contributed by atoms with Gasteiger partial charge in [0.15, 0.2) is 0 Å². The number of nitrogens with zero attached hydrogens (tertiary/aromatic N) is 2. The van der Waals surface area contributed by atoms with Gasteiger partial charge in [0.05, 0.1) is 5.69 Å². The lowest BCUT2D eigenvalue weighted by Gasteiger charge is -2.39. The molecule has 0 aromatic heterocycles. The van der Waals surface area contributed by atoms with Gasteiger partial charge in [-0.15, -0.1) is 0 Å². The lowest BCUT2D eigenvalue weighted by atomic mass is 10.1. The molecule has 3 rings (SSSR count). The highest BCUT2D eigenvalue weighted by atomic mass is 15.6. The average Bonchev–Trinajstić information content (AvgIpc) is 2.29. The van der Waals surface area contributed by atoms with E-state index in [9.17, 15) is 0 Å². The van der Waals surface area contributed by atoms with Crippen molar-refractivity contribution in [1.82, 2.24) is 5.01 Å². The minimum atomic E-state index is 1.07. The SMILES string of the molecule is C1=CN2CCc3ccccc3N2C=C1. The van der Waals surface area contributed by atoms with Gasteiger partial charge in [0.25, 0.3) is 0 Å². The first-order valence-electron chi connectivity index (χ1n) is 4.94. The van der Waals surface area contributed by atoms with E-state index < -0.39 is 0 Å². The van der Waals surface area contributed by atoms with Crippen molar-refractivity contribution in [3.05, 3.63) is 54.4 Å². The number of anilines is 1. The number of benzene rings is 1. The minimum absolute atomic E-state index is 1.07. The maximum atomic E-state index is 2.24. The predicted molar refractivity (Wildman–Crippen MR) is 57.6 cm³/mol. The van der Waals surface area contributed by atoms with E-state index in [2.05, 4.69) is 58.8 Å². The van der Waals surface area contributed by atoms with Crippen LogP contribution in [0.2, 0.25) is 0 Å². The number of hydrogen-bond donors (Lipinski definition) is 0. The van der Waals surface area contributed by atoms with Gasteiger partial charge in [-0.2, -0.15) is 0 Å². The Morgan fingerprint density at radius 2 is 1.86 bits per heavy atom. The first kappa shape index (κ1) is 7.68. The third kappa shape index (κ3) is 1.04. The fourth-order valence-corrected chi connectivity index (χ4v) is 2.02. The molecule has 0 saturated carbocycles. The topological polar surface area (TPSA) is 6.48 Å². The monoisotopic (exact) mass is 184 g/mol. The molecule has 14 heavy (non-hydrogen) atoms. The lowest BCUT2D eigenvalue weighted by Crippen LogP contribution is -2.41. The van der Waals surface area contributed by atoms with E-state index in [0.29, 0.717) is 0 Å². The van der Waals surface area contributed by atoms with Crippen molar-refractivity contribution in [1.29, 1.82) is 0 Å². The Hall–Kier alpha value is -1.70. The molecular formula is C12H12N2. The molecule has 0 unspecified atom stereocenters. The molecule has 70 valence electrons. The maximum Gasteiger partial charge on any atom is 0.0658 e. The fourth-order valence-electron chi connectivity index (χ4n) is 2.02. The summed E-state index contributed by atoms with van der Waals surface area (Å²) >= 11 is 0. The van der Waals surface area contributed by atoms with Gasteiger partial charge in [-0.05, 0) is 30.2 Å². The molecule has 0 fully saturated rings. The normalized spacial score (nSPS) is 18.0. The molecule has 2 aliphatic heterocycles. The van der Waals surface area contributed by atoms with Gasteiger partial charge in [0.2, 0.25) is 0 Å². The van der Waals surface area contributed by atoms with Crippen molar-refractivity contribution >= 4 is 5.69 Å². The highest BCUT2D eigenvalue weighted by Gasteiger charge is 2.20. The molecule has 2 nitrogen and oxygen atoms in total. The summed E-state index contributed by atoms with van der Waals surface area (Å²) in [6.07, 6.45) is 9.50. The minimum Gasteiger partial charge on any atom is -0.288 e. The first-order valence-corrected chi connectivity index (χ1v) is 4.94. The van der Waals surface area contributed by atoms with Crippen LogP contribution in [-0.4, -0.2) is 11.6 Å². The number of allylic oxidation sites excluding steroid dienone is 2. The summed E-state index contributed by atoms with van der Waals surface area (Å²) in [6.45, 7) is 1.07. The molecule has 0 bridgehead atoms. The zero-order valence-corrected chi connectivity index (χ0v) is 7.93. The predicted octanol–water partition coefficient (Wildman–Crippen LogP) is 2.31. The van der Waals surface area contributed by atoms with Crippen LogP contribution in [-0.2, 0) is 6.42 Å². The molecule has 0 atom stereocenters. The quantitative estimate of drug-likeness (QED) is 0.610. The zero-order chi connectivity index (χ0) is 9.38. The van der Waals surface area contributed by atoms with Crippen LogP contribution in [0.25, 0.3) is 0 Å². The van der Waals surface area contributed by atoms with Crippen LogP contribution < -0.4 is 5.01 Å². The van der Waals surface area contributed by atoms with Crippen molar-refractivity contribution in [2.24, 2.45) is 0 Å². The van der Waals surface area contributed by atoms with Crippen LogP contribution in [0, 0.1) is 0 Å². The van der Waals surface area contributed by atoms with Gasteiger partial charge in [0.1, 0.15) is 0 Å². The summed E-state index contributed by atoms with van der Waals surface area (Å²) in [7, 11) is 0. The van der Waals surface area contributed by atoms with E-state index in [0.717, 1.165) is 13.0 Å².